The third-order valence-corrected chi connectivity index (χ3v) is 2.30. The quantitative estimate of drug-likeness (QED) is 0.793. The van der Waals surface area contributed by atoms with Gasteiger partial charge in [-0.1, -0.05) is 0 Å². The number of carboxylic acids is 1. The Morgan fingerprint density at radius 3 is 2.65 bits per heavy atom. The van der Waals surface area contributed by atoms with Crippen LogP contribution in [-0.2, 0) is 4.79 Å². The number of nitrogens with zero attached hydrogens (tertiary/aromatic N) is 4. The average molecular weight is 233 g/mol. The van der Waals surface area contributed by atoms with Crippen LogP contribution in [0.1, 0.15) is 0 Å². The largest absolute Gasteiger partial charge is 0.480 e. The molecule has 7 nitrogen and oxygen atoms in total. The number of benzene rings is 1. The molecule has 17 heavy (non-hydrogen) atoms. The van der Waals surface area contributed by atoms with Gasteiger partial charge in [-0.05, 0) is 34.7 Å². The molecular formula is C10H11N5O2. The van der Waals surface area contributed by atoms with Crippen LogP contribution in [0.25, 0.3) is 11.4 Å². The second-order valence-corrected chi connectivity index (χ2v) is 3.55. The van der Waals surface area contributed by atoms with Crippen LogP contribution in [0, 0.1) is 0 Å². The van der Waals surface area contributed by atoms with Crippen molar-refractivity contribution in [2.45, 2.75) is 0 Å². The fraction of sp³-hybridized carbons (Fsp3) is 0.200. The van der Waals surface area contributed by atoms with Gasteiger partial charge in [0.1, 0.15) is 6.54 Å². The van der Waals surface area contributed by atoms with Crippen molar-refractivity contribution in [2.24, 2.45) is 0 Å². The SMILES string of the molecule is CN(CC(=O)O)c1ccc(-c2nnn[nH]2)cc1. The number of aromatic amines is 1. The predicted molar refractivity (Wildman–Crippen MR) is 60.5 cm³/mol. The van der Waals surface area contributed by atoms with Gasteiger partial charge in [0.05, 0.1) is 0 Å². The lowest BCUT2D eigenvalue weighted by Gasteiger charge is -2.16. The summed E-state index contributed by atoms with van der Waals surface area (Å²) in [7, 11) is 1.72. The van der Waals surface area contributed by atoms with Crippen molar-refractivity contribution in [1.82, 2.24) is 20.6 Å². The molecule has 0 amide bonds. The zero-order chi connectivity index (χ0) is 12.3. The van der Waals surface area contributed by atoms with Gasteiger partial charge in [-0.25, -0.2) is 5.10 Å². The standard InChI is InChI=1S/C10H11N5O2/c1-15(6-9(16)17)8-4-2-7(3-5-8)10-11-13-14-12-10/h2-5H,6H2,1H3,(H,16,17)(H,11,12,13,14). The highest BCUT2D eigenvalue weighted by Crippen LogP contribution is 2.18. The number of rotatable bonds is 4. The topological polar surface area (TPSA) is 95.0 Å². The molecule has 0 fully saturated rings. The van der Waals surface area contributed by atoms with E-state index in [1.54, 1.807) is 11.9 Å². The lowest BCUT2D eigenvalue weighted by atomic mass is 10.2. The van der Waals surface area contributed by atoms with E-state index in [0.717, 1.165) is 11.3 Å². The zero-order valence-corrected chi connectivity index (χ0v) is 9.16. The molecule has 0 saturated carbocycles. The molecule has 0 aliphatic carbocycles. The number of hydrogen-bond donors (Lipinski definition) is 2. The van der Waals surface area contributed by atoms with Crippen LogP contribution in [0.15, 0.2) is 24.3 Å². The summed E-state index contributed by atoms with van der Waals surface area (Å²) in [5.74, 6) is -0.284. The minimum Gasteiger partial charge on any atom is -0.480 e. The van der Waals surface area contributed by atoms with Crippen LogP contribution in [0.5, 0.6) is 0 Å². The van der Waals surface area contributed by atoms with Crippen molar-refractivity contribution < 1.29 is 9.90 Å². The maximum Gasteiger partial charge on any atom is 0.323 e. The zero-order valence-electron chi connectivity index (χ0n) is 9.16. The van der Waals surface area contributed by atoms with E-state index in [1.165, 1.54) is 0 Å². The number of aliphatic carboxylic acids is 1. The van der Waals surface area contributed by atoms with E-state index in [4.69, 9.17) is 5.11 Å². The number of carboxylic acid groups (broad SMARTS) is 1. The second kappa shape index (κ2) is 4.60. The number of H-pyrrole nitrogens is 1. The Kier molecular flexibility index (Phi) is 2.99. The van der Waals surface area contributed by atoms with Crippen molar-refractivity contribution >= 4 is 11.7 Å². The predicted octanol–water partition coefficient (Wildman–Crippen LogP) is 0.387. The monoisotopic (exact) mass is 233 g/mol. The molecule has 1 aromatic heterocycles. The van der Waals surface area contributed by atoms with E-state index < -0.39 is 5.97 Å². The van der Waals surface area contributed by atoms with Gasteiger partial charge in [-0.3, -0.25) is 4.79 Å². The Bertz CT molecular complexity index is 494. The molecule has 88 valence electrons. The molecular weight excluding hydrogens is 222 g/mol. The van der Waals surface area contributed by atoms with Gasteiger partial charge in [0, 0.05) is 18.3 Å². The van der Waals surface area contributed by atoms with E-state index in [9.17, 15) is 4.79 Å². The molecule has 7 heteroatoms. The molecule has 0 bridgehead atoms. The van der Waals surface area contributed by atoms with E-state index in [1.807, 2.05) is 24.3 Å². The molecule has 0 aliphatic heterocycles. The third-order valence-electron chi connectivity index (χ3n) is 2.30. The highest BCUT2D eigenvalue weighted by molar-refractivity contribution is 5.74. The molecule has 0 aliphatic rings. The van der Waals surface area contributed by atoms with Gasteiger partial charge in [0.25, 0.3) is 0 Å². The Morgan fingerprint density at radius 1 is 1.41 bits per heavy atom. The summed E-state index contributed by atoms with van der Waals surface area (Å²) in [6.07, 6.45) is 0. The van der Waals surface area contributed by atoms with Crippen molar-refractivity contribution in [3.05, 3.63) is 24.3 Å². The highest BCUT2D eigenvalue weighted by Gasteiger charge is 2.06. The van der Waals surface area contributed by atoms with Crippen LogP contribution < -0.4 is 4.90 Å². The Hall–Kier alpha value is -2.44. The molecule has 2 rings (SSSR count). The molecule has 1 heterocycles. The van der Waals surface area contributed by atoms with Gasteiger partial charge in [-0.15, -0.1) is 5.10 Å². The minimum absolute atomic E-state index is 0.0385. The van der Waals surface area contributed by atoms with Gasteiger partial charge in [-0.2, -0.15) is 0 Å². The van der Waals surface area contributed by atoms with E-state index in [0.29, 0.717) is 5.82 Å². The summed E-state index contributed by atoms with van der Waals surface area (Å²) in [5, 5.41) is 22.1. The first kappa shape index (κ1) is 11.1. The Labute approximate surface area is 97.1 Å². The lowest BCUT2D eigenvalue weighted by Crippen LogP contribution is -2.24. The number of nitrogens with one attached hydrogen (secondary N) is 1. The summed E-state index contributed by atoms with van der Waals surface area (Å²) < 4.78 is 0. The highest BCUT2D eigenvalue weighted by atomic mass is 16.4. The van der Waals surface area contributed by atoms with E-state index in [-0.39, 0.29) is 6.54 Å². The average Bonchev–Trinajstić information content (AvgIpc) is 2.82. The number of aromatic nitrogens is 4. The summed E-state index contributed by atoms with van der Waals surface area (Å²) in [6.45, 7) is -0.0385. The normalized spacial score (nSPS) is 10.2. The van der Waals surface area contributed by atoms with Crippen LogP contribution in [0.3, 0.4) is 0 Å². The first-order valence-electron chi connectivity index (χ1n) is 4.94. The van der Waals surface area contributed by atoms with E-state index >= 15 is 0 Å². The van der Waals surface area contributed by atoms with Crippen molar-refractivity contribution in [3.8, 4) is 11.4 Å². The number of anilines is 1. The second-order valence-electron chi connectivity index (χ2n) is 3.55. The molecule has 0 atom stereocenters. The Morgan fingerprint density at radius 2 is 2.12 bits per heavy atom. The first-order valence-corrected chi connectivity index (χ1v) is 4.94. The lowest BCUT2D eigenvalue weighted by molar-refractivity contribution is -0.135. The van der Waals surface area contributed by atoms with Crippen LogP contribution in [-0.4, -0.2) is 45.3 Å². The van der Waals surface area contributed by atoms with E-state index in [2.05, 4.69) is 20.6 Å². The number of likely N-dealkylation sites (N-methyl/N-ethyl adjacent to an activating group) is 1. The third kappa shape index (κ3) is 2.57. The summed E-state index contributed by atoms with van der Waals surface area (Å²) in [5.41, 5.74) is 1.67. The molecule has 0 saturated heterocycles. The molecule has 0 spiro atoms. The van der Waals surface area contributed by atoms with Gasteiger partial charge in [0.15, 0.2) is 5.82 Å². The van der Waals surface area contributed by atoms with Crippen LogP contribution in [0.2, 0.25) is 0 Å². The number of carbonyl (C=O) groups is 1. The molecule has 2 N–H and O–H groups in total. The van der Waals surface area contributed by atoms with Crippen molar-refractivity contribution in [1.29, 1.82) is 0 Å². The summed E-state index contributed by atoms with van der Waals surface area (Å²) >= 11 is 0. The molecule has 0 radical (unpaired) electrons. The van der Waals surface area contributed by atoms with Crippen LogP contribution in [0.4, 0.5) is 5.69 Å². The van der Waals surface area contributed by atoms with Gasteiger partial charge in [0.2, 0.25) is 0 Å². The number of tetrazole rings is 1. The number of hydrogen-bond acceptors (Lipinski definition) is 5. The molecule has 2 aromatic rings. The molecule has 0 unspecified atom stereocenters. The fourth-order valence-electron chi connectivity index (χ4n) is 1.45. The minimum atomic E-state index is -0.865. The van der Waals surface area contributed by atoms with Gasteiger partial charge >= 0.3 is 5.97 Å². The summed E-state index contributed by atoms with van der Waals surface area (Å²) in [6, 6.07) is 7.30. The van der Waals surface area contributed by atoms with Crippen molar-refractivity contribution in [2.75, 3.05) is 18.5 Å². The molecule has 1 aromatic carbocycles. The van der Waals surface area contributed by atoms with Crippen LogP contribution >= 0.6 is 0 Å². The van der Waals surface area contributed by atoms with Crippen molar-refractivity contribution in [3.63, 3.8) is 0 Å². The Balaban J connectivity index is 2.15. The summed E-state index contributed by atoms with van der Waals surface area (Å²) in [4.78, 5) is 12.2. The smallest absolute Gasteiger partial charge is 0.323 e. The fourth-order valence-corrected chi connectivity index (χ4v) is 1.45. The van der Waals surface area contributed by atoms with Gasteiger partial charge < -0.3 is 10.0 Å². The first-order chi connectivity index (χ1) is 8.16. The maximum atomic E-state index is 10.6. The maximum absolute atomic E-state index is 10.6.